The van der Waals surface area contributed by atoms with Gasteiger partial charge in [-0.05, 0) is 48.9 Å². The SMILES string of the molecule is COc1nc(/C(=C/[C@H]2CCC(=O)N2)c2ccc(C(F)(F)F)c(Cl)c2)ccc1C1CC1. The van der Waals surface area contributed by atoms with Crippen molar-refractivity contribution >= 4 is 23.1 Å². The molecule has 2 heterocycles. The second-order valence-corrected chi connectivity index (χ2v) is 7.96. The average Bonchev–Trinajstić information content (AvgIpc) is 3.46. The maximum Gasteiger partial charge on any atom is 0.417 e. The third-order valence-electron chi connectivity index (χ3n) is 5.36. The van der Waals surface area contributed by atoms with Crippen LogP contribution in [0.3, 0.4) is 0 Å². The second kappa shape index (κ2) is 7.95. The van der Waals surface area contributed by atoms with Crippen LogP contribution in [0.15, 0.2) is 36.4 Å². The van der Waals surface area contributed by atoms with Gasteiger partial charge in [0.05, 0.1) is 23.4 Å². The van der Waals surface area contributed by atoms with E-state index in [2.05, 4.69) is 10.3 Å². The van der Waals surface area contributed by atoms with Gasteiger partial charge < -0.3 is 10.1 Å². The maximum atomic E-state index is 13.1. The topological polar surface area (TPSA) is 51.2 Å². The Balaban J connectivity index is 1.79. The van der Waals surface area contributed by atoms with E-state index in [9.17, 15) is 18.0 Å². The first-order valence-electron chi connectivity index (χ1n) is 9.70. The number of methoxy groups -OCH3 is 1. The molecule has 1 N–H and O–H groups in total. The Labute approximate surface area is 177 Å². The van der Waals surface area contributed by atoms with Crippen molar-refractivity contribution in [3.8, 4) is 5.88 Å². The van der Waals surface area contributed by atoms with Crippen LogP contribution in [0.2, 0.25) is 5.02 Å². The van der Waals surface area contributed by atoms with Gasteiger partial charge in [-0.2, -0.15) is 13.2 Å². The first kappa shape index (κ1) is 20.7. The molecule has 2 aromatic rings. The van der Waals surface area contributed by atoms with Gasteiger partial charge in [0, 0.05) is 23.6 Å². The largest absolute Gasteiger partial charge is 0.481 e. The zero-order valence-corrected chi connectivity index (χ0v) is 17.0. The summed E-state index contributed by atoms with van der Waals surface area (Å²) in [7, 11) is 1.55. The Morgan fingerprint density at radius 3 is 2.57 bits per heavy atom. The van der Waals surface area contributed by atoms with Crippen molar-refractivity contribution in [1.29, 1.82) is 0 Å². The van der Waals surface area contributed by atoms with E-state index < -0.39 is 11.7 Å². The third kappa shape index (κ3) is 4.31. The molecule has 1 aliphatic heterocycles. The maximum absolute atomic E-state index is 13.1. The summed E-state index contributed by atoms with van der Waals surface area (Å²) < 4.78 is 44.8. The Morgan fingerprint density at radius 1 is 1.23 bits per heavy atom. The number of rotatable bonds is 5. The number of aromatic nitrogens is 1. The Kier molecular flexibility index (Phi) is 5.49. The minimum absolute atomic E-state index is 0.0596. The minimum atomic E-state index is -4.54. The van der Waals surface area contributed by atoms with E-state index in [1.807, 2.05) is 18.2 Å². The predicted molar refractivity (Wildman–Crippen MR) is 107 cm³/mol. The van der Waals surface area contributed by atoms with E-state index in [0.29, 0.717) is 41.5 Å². The highest BCUT2D eigenvalue weighted by molar-refractivity contribution is 6.31. The number of nitrogens with one attached hydrogen (secondary N) is 1. The van der Waals surface area contributed by atoms with E-state index >= 15 is 0 Å². The Bertz CT molecular complexity index is 1020. The van der Waals surface area contributed by atoms with Crippen LogP contribution >= 0.6 is 11.6 Å². The van der Waals surface area contributed by atoms with E-state index in [-0.39, 0.29) is 17.0 Å². The van der Waals surface area contributed by atoms with Crippen molar-refractivity contribution in [3.63, 3.8) is 0 Å². The number of pyridine rings is 1. The van der Waals surface area contributed by atoms with Crippen LogP contribution in [-0.4, -0.2) is 24.0 Å². The molecular weight excluding hydrogens is 417 g/mol. The smallest absolute Gasteiger partial charge is 0.417 e. The zero-order chi connectivity index (χ0) is 21.5. The van der Waals surface area contributed by atoms with Gasteiger partial charge in [-0.3, -0.25) is 4.79 Å². The minimum Gasteiger partial charge on any atom is -0.481 e. The number of carbonyl (C=O) groups is 1. The van der Waals surface area contributed by atoms with Crippen molar-refractivity contribution in [1.82, 2.24) is 10.3 Å². The number of benzene rings is 1. The summed E-state index contributed by atoms with van der Waals surface area (Å²) >= 11 is 5.96. The van der Waals surface area contributed by atoms with Crippen molar-refractivity contribution in [2.75, 3.05) is 7.11 Å². The van der Waals surface area contributed by atoms with Crippen molar-refractivity contribution in [2.24, 2.45) is 0 Å². The van der Waals surface area contributed by atoms with E-state index in [0.717, 1.165) is 24.5 Å². The Hall–Kier alpha value is -2.54. The molecule has 8 heteroatoms. The van der Waals surface area contributed by atoms with Crippen molar-refractivity contribution in [2.45, 2.75) is 43.8 Å². The normalized spacial score (nSPS) is 19.7. The molecule has 0 unspecified atom stereocenters. The monoisotopic (exact) mass is 436 g/mol. The highest BCUT2D eigenvalue weighted by Crippen LogP contribution is 2.44. The van der Waals surface area contributed by atoms with E-state index in [1.54, 1.807) is 7.11 Å². The summed E-state index contributed by atoms with van der Waals surface area (Å²) in [6.07, 6.45) is 0.466. The first-order valence-corrected chi connectivity index (χ1v) is 10.1. The summed E-state index contributed by atoms with van der Waals surface area (Å²) in [6.45, 7) is 0. The molecule has 1 aromatic heterocycles. The lowest BCUT2D eigenvalue weighted by Gasteiger charge is -2.16. The molecule has 1 saturated heterocycles. The highest BCUT2D eigenvalue weighted by Gasteiger charge is 2.33. The molecule has 2 aliphatic rings. The molecule has 1 amide bonds. The molecule has 2 fully saturated rings. The summed E-state index contributed by atoms with van der Waals surface area (Å²) in [6, 6.07) is 7.19. The van der Waals surface area contributed by atoms with Gasteiger partial charge in [0.2, 0.25) is 11.8 Å². The molecule has 0 spiro atoms. The molecule has 1 atom stereocenters. The van der Waals surface area contributed by atoms with Gasteiger partial charge in [0.25, 0.3) is 0 Å². The van der Waals surface area contributed by atoms with E-state index in [4.69, 9.17) is 16.3 Å². The zero-order valence-electron chi connectivity index (χ0n) is 16.2. The van der Waals surface area contributed by atoms with Crippen molar-refractivity contribution in [3.05, 3.63) is 63.8 Å². The number of hydrogen-bond donors (Lipinski definition) is 1. The van der Waals surface area contributed by atoms with Gasteiger partial charge >= 0.3 is 6.18 Å². The Morgan fingerprint density at radius 2 is 2.00 bits per heavy atom. The summed E-state index contributed by atoms with van der Waals surface area (Å²) in [5.74, 6) is 0.883. The fraction of sp³-hybridized carbons (Fsp3) is 0.364. The summed E-state index contributed by atoms with van der Waals surface area (Å²) in [4.78, 5) is 16.2. The molecule has 30 heavy (non-hydrogen) atoms. The summed E-state index contributed by atoms with van der Waals surface area (Å²) in [5, 5.41) is 2.47. The van der Waals surface area contributed by atoms with Crippen LogP contribution < -0.4 is 10.1 Å². The lowest BCUT2D eigenvalue weighted by Crippen LogP contribution is -2.23. The van der Waals surface area contributed by atoms with Crippen LogP contribution in [0, 0.1) is 0 Å². The first-order chi connectivity index (χ1) is 14.3. The molecule has 4 rings (SSSR count). The quantitative estimate of drug-likeness (QED) is 0.687. The fourth-order valence-corrected chi connectivity index (χ4v) is 3.96. The summed E-state index contributed by atoms with van der Waals surface area (Å²) in [5.41, 5.74) is 1.77. The average molecular weight is 437 g/mol. The molecule has 0 bridgehead atoms. The molecule has 1 aliphatic carbocycles. The highest BCUT2D eigenvalue weighted by atomic mass is 35.5. The standard InChI is InChI=1S/C22H20ClF3N2O2/c1-30-21-15(12-2-3-12)6-8-19(28-21)16(11-14-5-9-20(29)27-14)13-4-7-17(18(23)10-13)22(24,25)26/h4,6-8,10-12,14H,2-3,5,9H2,1H3,(H,27,29)/b16-11+/t14-/m1/s1. The number of ether oxygens (including phenoxy) is 1. The molecule has 1 saturated carbocycles. The van der Waals surface area contributed by atoms with Crippen molar-refractivity contribution < 1.29 is 22.7 Å². The van der Waals surface area contributed by atoms with Crippen LogP contribution in [-0.2, 0) is 11.0 Å². The molecule has 0 radical (unpaired) electrons. The van der Waals surface area contributed by atoms with Gasteiger partial charge in [-0.1, -0.05) is 29.8 Å². The van der Waals surface area contributed by atoms with Gasteiger partial charge in [0.1, 0.15) is 0 Å². The van der Waals surface area contributed by atoms with Gasteiger partial charge in [0.15, 0.2) is 0 Å². The molecule has 158 valence electrons. The van der Waals surface area contributed by atoms with Gasteiger partial charge in [-0.15, -0.1) is 0 Å². The van der Waals surface area contributed by atoms with Crippen LogP contribution in [0.25, 0.3) is 5.57 Å². The molecule has 4 nitrogen and oxygen atoms in total. The number of carbonyl (C=O) groups excluding carboxylic acids is 1. The number of alkyl halides is 3. The van der Waals surface area contributed by atoms with Crippen LogP contribution in [0.4, 0.5) is 13.2 Å². The number of hydrogen-bond acceptors (Lipinski definition) is 3. The van der Waals surface area contributed by atoms with Crippen LogP contribution in [0.1, 0.15) is 54.0 Å². The fourth-order valence-electron chi connectivity index (χ4n) is 3.68. The number of nitrogens with zero attached hydrogens (tertiary/aromatic N) is 1. The number of halogens is 4. The number of amides is 1. The van der Waals surface area contributed by atoms with E-state index in [1.165, 1.54) is 12.1 Å². The predicted octanol–water partition coefficient (Wildman–Crippen LogP) is 5.35. The lowest BCUT2D eigenvalue weighted by molar-refractivity contribution is -0.137. The molecular formula is C22H20ClF3N2O2. The van der Waals surface area contributed by atoms with Gasteiger partial charge in [-0.25, -0.2) is 4.98 Å². The third-order valence-corrected chi connectivity index (χ3v) is 5.67. The van der Waals surface area contributed by atoms with Crippen LogP contribution in [0.5, 0.6) is 5.88 Å². The second-order valence-electron chi connectivity index (χ2n) is 7.55. The molecule has 1 aromatic carbocycles. The lowest BCUT2D eigenvalue weighted by atomic mass is 9.97.